The molecule has 21 heavy (non-hydrogen) atoms. The molecule has 1 aromatic carbocycles. The van der Waals surface area contributed by atoms with E-state index in [2.05, 4.69) is 0 Å². The number of carbonyl (C=O) groups excluding carboxylic acids is 2. The first-order valence-electron chi connectivity index (χ1n) is 6.24. The summed E-state index contributed by atoms with van der Waals surface area (Å²) in [7, 11) is 0. The summed E-state index contributed by atoms with van der Waals surface area (Å²) in [5, 5.41) is 9.50. The summed E-state index contributed by atoms with van der Waals surface area (Å²) in [6, 6.07) is 8.90. The number of benzene rings is 1. The highest BCUT2D eigenvalue weighted by Gasteiger charge is 2.50. The van der Waals surface area contributed by atoms with Gasteiger partial charge in [0, 0.05) is 12.8 Å². The van der Waals surface area contributed by atoms with Crippen molar-refractivity contribution in [3.63, 3.8) is 0 Å². The number of imide groups is 1. The van der Waals surface area contributed by atoms with Gasteiger partial charge in [-0.2, -0.15) is 0 Å². The molecule has 1 aromatic rings. The summed E-state index contributed by atoms with van der Waals surface area (Å²) < 4.78 is 0.327. The van der Waals surface area contributed by atoms with Crippen LogP contribution >= 0.6 is 24.0 Å². The van der Waals surface area contributed by atoms with Gasteiger partial charge in [-0.25, -0.2) is 4.79 Å². The smallest absolute Gasteiger partial charge is 0.340 e. The van der Waals surface area contributed by atoms with Gasteiger partial charge in [-0.3, -0.25) is 14.5 Å². The monoisotopic (exact) mass is 323 g/mol. The van der Waals surface area contributed by atoms with Crippen LogP contribution in [0.3, 0.4) is 0 Å². The molecular formula is C14H13NO4S2. The maximum absolute atomic E-state index is 11.8. The standard InChI is InChI=1S/C14H13NO4S2/c1-14(13(18)19,15-10(16)7-8-11(15)17)21-12(20)9-5-3-2-4-6-9/h2-6H,7-8H2,1H3,(H,18,19). The van der Waals surface area contributed by atoms with Gasteiger partial charge in [0.25, 0.3) is 0 Å². The van der Waals surface area contributed by atoms with Crippen molar-refractivity contribution in [2.75, 3.05) is 0 Å². The van der Waals surface area contributed by atoms with Crippen molar-refractivity contribution in [2.45, 2.75) is 24.6 Å². The van der Waals surface area contributed by atoms with Crippen LogP contribution in [0, 0.1) is 0 Å². The lowest BCUT2D eigenvalue weighted by atomic mass is 10.2. The Hall–Kier alpha value is -1.73. The zero-order valence-electron chi connectivity index (χ0n) is 11.2. The fraction of sp³-hybridized carbons (Fsp3) is 0.286. The fourth-order valence-electron chi connectivity index (χ4n) is 2.05. The molecule has 1 saturated heterocycles. The van der Waals surface area contributed by atoms with Crippen LogP contribution in [0.1, 0.15) is 25.3 Å². The second kappa shape index (κ2) is 5.95. The van der Waals surface area contributed by atoms with E-state index in [1.807, 2.05) is 6.07 Å². The highest BCUT2D eigenvalue weighted by molar-refractivity contribution is 8.25. The summed E-state index contributed by atoms with van der Waals surface area (Å²) >= 11 is 6.08. The molecule has 110 valence electrons. The molecule has 2 rings (SSSR count). The Balaban J connectivity index is 2.31. The minimum Gasteiger partial charge on any atom is -0.479 e. The SMILES string of the molecule is CC(SC(=S)c1ccccc1)(C(=O)O)N1C(=O)CCC1=O. The molecular weight excluding hydrogens is 310 g/mol. The lowest BCUT2D eigenvalue weighted by molar-refractivity contribution is -0.155. The van der Waals surface area contributed by atoms with Crippen LogP contribution < -0.4 is 0 Å². The number of carboxylic acids is 1. The number of hydrogen-bond donors (Lipinski definition) is 1. The molecule has 7 heteroatoms. The molecule has 1 heterocycles. The normalized spacial score (nSPS) is 17.7. The van der Waals surface area contributed by atoms with Crippen LogP contribution in [0.25, 0.3) is 0 Å². The molecule has 0 aromatic heterocycles. The average Bonchev–Trinajstić information content (AvgIpc) is 2.79. The van der Waals surface area contributed by atoms with E-state index in [1.165, 1.54) is 6.92 Å². The Kier molecular flexibility index (Phi) is 4.43. The highest BCUT2D eigenvalue weighted by atomic mass is 32.2. The van der Waals surface area contributed by atoms with Gasteiger partial charge < -0.3 is 5.11 Å². The minimum atomic E-state index is -1.72. The van der Waals surface area contributed by atoms with Crippen LogP contribution in [-0.4, -0.2) is 36.9 Å². The number of aliphatic carboxylic acids is 1. The van der Waals surface area contributed by atoms with Crippen LogP contribution in [0.5, 0.6) is 0 Å². The number of nitrogens with zero attached hydrogens (tertiary/aromatic N) is 1. The van der Waals surface area contributed by atoms with Gasteiger partial charge in [0.1, 0.15) is 0 Å². The lowest BCUT2D eigenvalue weighted by Crippen LogP contribution is -2.53. The predicted octanol–water partition coefficient (Wildman–Crippen LogP) is 2.05. The molecule has 0 bridgehead atoms. The zero-order chi connectivity index (χ0) is 15.6. The van der Waals surface area contributed by atoms with Crippen molar-refractivity contribution in [1.82, 2.24) is 4.90 Å². The zero-order valence-corrected chi connectivity index (χ0v) is 12.9. The molecule has 0 radical (unpaired) electrons. The number of hydrogen-bond acceptors (Lipinski definition) is 5. The van der Waals surface area contributed by atoms with Gasteiger partial charge in [0.2, 0.25) is 11.8 Å². The van der Waals surface area contributed by atoms with Gasteiger partial charge in [0.05, 0.1) is 4.20 Å². The van der Waals surface area contributed by atoms with Gasteiger partial charge in [-0.05, 0) is 12.5 Å². The molecule has 1 atom stereocenters. The van der Waals surface area contributed by atoms with E-state index in [-0.39, 0.29) is 12.8 Å². The Morgan fingerprint density at radius 3 is 2.24 bits per heavy atom. The van der Waals surface area contributed by atoms with Crippen LogP contribution in [0.4, 0.5) is 0 Å². The van der Waals surface area contributed by atoms with Crippen molar-refractivity contribution in [3.05, 3.63) is 35.9 Å². The third-order valence-corrected chi connectivity index (χ3v) is 4.84. The van der Waals surface area contributed by atoms with Gasteiger partial charge in [0.15, 0.2) is 4.87 Å². The molecule has 5 nitrogen and oxygen atoms in total. The van der Waals surface area contributed by atoms with Gasteiger partial charge in [-0.1, -0.05) is 54.3 Å². The van der Waals surface area contributed by atoms with E-state index in [0.717, 1.165) is 16.7 Å². The largest absolute Gasteiger partial charge is 0.479 e. The Labute approximate surface area is 131 Å². The highest BCUT2D eigenvalue weighted by Crippen LogP contribution is 2.36. The Bertz CT molecular complexity index is 601. The fourth-order valence-corrected chi connectivity index (χ4v) is 3.67. The molecule has 0 aliphatic carbocycles. The topological polar surface area (TPSA) is 74.7 Å². The third-order valence-electron chi connectivity index (χ3n) is 3.18. The molecule has 1 unspecified atom stereocenters. The Morgan fingerprint density at radius 2 is 1.76 bits per heavy atom. The summed E-state index contributed by atoms with van der Waals surface area (Å²) in [6.07, 6.45) is 0.0841. The van der Waals surface area contributed by atoms with E-state index in [0.29, 0.717) is 9.76 Å². The number of thiocarbonyl (C=S) groups is 1. The number of likely N-dealkylation sites (tertiary alicyclic amines) is 1. The van der Waals surface area contributed by atoms with E-state index in [1.54, 1.807) is 24.3 Å². The second-order valence-electron chi connectivity index (χ2n) is 4.67. The number of rotatable bonds is 4. The van der Waals surface area contributed by atoms with Crippen LogP contribution in [0.2, 0.25) is 0 Å². The van der Waals surface area contributed by atoms with E-state index in [9.17, 15) is 19.5 Å². The Morgan fingerprint density at radius 1 is 1.24 bits per heavy atom. The quantitative estimate of drug-likeness (QED) is 0.675. The summed E-state index contributed by atoms with van der Waals surface area (Å²) in [5.74, 6) is -2.23. The van der Waals surface area contributed by atoms with E-state index in [4.69, 9.17) is 12.2 Å². The molecule has 2 amide bonds. The summed E-state index contributed by atoms with van der Waals surface area (Å²) in [5.41, 5.74) is 0.684. The first-order chi connectivity index (χ1) is 9.86. The molecule has 0 saturated carbocycles. The maximum atomic E-state index is 11.8. The maximum Gasteiger partial charge on any atom is 0.340 e. The summed E-state index contributed by atoms with van der Waals surface area (Å²) in [4.78, 5) is 34.4. The van der Waals surface area contributed by atoms with Crippen LogP contribution in [-0.2, 0) is 14.4 Å². The number of carboxylic acid groups (broad SMARTS) is 1. The summed E-state index contributed by atoms with van der Waals surface area (Å²) in [6.45, 7) is 1.33. The number of carbonyl (C=O) groups is 3. The molecule has 1 fully saturated rings. The number of amides is 2. The molecule has 1 aliphatic rings. The van der Waals surface area contributed by atoms with Gasteiger partial charge >= 0.3 is 5.97 Å². The van der Waals surface area contributed by atoms with Crippen molar-refractivity contribution >= 4 is 46.0 Å². The minimum absolute atomic E-state index is 0.0420. The van der Waals surface area contributed by atoms with Crippen molar-refractivity contribution in [3.8, 4) is 0 Å². The van der Waals surface area contributed by atoms with E-state index < -0.39 is 22.7 Å². The first kappa shape index (κ1) is 15.7. The second-order valence-corrected chi connectivity index (χ2v) is 6.74. The van der Waals surface area contributed by atoms with Gasteiger partial charge in [-0.15, -0.1) is 0 Å². The van der Waals surface area contributed by atoms with Crippen molar-refractivity contribution in [2.24, 2.45) is 0 Å². The van der Waals surface area contributed by atoms with Crippen LogP contribution in [0.15, 0.2) is 30.3 Å². The van der Waals surface area contributed by atoms with Crippen molar-refractivity contribution < 1.29 is 19.5 Å². The third kappa shape index (κ3) is 2.98. The molecule has 1 N–H and O–H groups in total. The lowest BCUT2D eigenvalue weighted by Gasteiger charge is -2.32. The molecule has 0 spiro atoms. The average molecular weight is 323 g/mol. The van der Waals surface area contributed by atoms with Crippen molar-refractivity contribution in [1.29, 1.82) is 0 Å². The first-order valence-corrected chi connectivity index (χ1v) is 7.46. The predicted molar refractivity (Wildman–Crippen MR) is 82.9 cm³/mol. The number of thioether (sulfide) groups is 1. The molecule has 1 aliphatic heterocycles. The van der Waals surface area contributed by atoms with E-state index >= 15 is 0 Å².